The lowest BCUT2D eigenvalue weighted by molar-refractivity contribution is -0.139. The Morgan fingerprint density at radius 1 is 1.24 bits per heavy atom. The molecule has 1 N–H and O–H groups in total. The van der Waals surface area contributed by atoms with E-state index in [9.17, 15) is 4.79 Å². The monoisotopic (exact) mass is 235 g/mol. The molecule has 1 radical (unpaired) electrons. The highest BCUT2D eigenvalue weighted by molar-refractivity contribution is 5.68. The lowest BCUT2D eigenvalue weighted by Gasteiger charge is -2.18. The topological polar surface area (TPSA) is 46.5 Å². The Morgan fingerprint density at radius 3 is 2.06 bits per heavy atom. The average molecular weight is 235 g/mol. The summed E-state index contributed by atoms with van der Waals surface area (Å²) in [7, 11) is 0. The largest absolute Gasteiger partial charge is 0.481 e. The minimum Gasteiger partial charge on any atom is -0.481 e. The van der Waals surface area contributed by atoms with E-state index in [1.807, 2.05) is 12.1 Å². The van der Waals surface area contributed by atoms with Gasteiger partial charge >= 0.3 is 5.97 Å². The lowest BCUT2D eigenvalue weighted by atomic mass is 9.94. The molecule has 0 heterocycles. The Hall–Kier alpha value is -1.51. The van der Waals surface area contributed by atoms with E-state index in [4.69, 9.17) is 9.84 Å². The van der Waals surface area contributed by atoms with E-state index in [2.05, 4.69) is 33.8 Å². The van der Waals surface area contributed by atoms with Crippen molar-refractivity contribution >= 4 is 5.97 Å². The van der Waals surface area contributed by atoms with Gasteiger partial charge in [-0.3, -0.25) is 0 Å². The second kappa shape index (κ2) is 5.71. The number of carboxylic acid groups (broad SMARTS) is 1. The summed E-state index contributed by atoms with van der Waals surface area (Å²) in [5.41, 5.74) is 2.02. The maximum absolute atomic E-state index is 10.6. The van der Waals surface area contributed by atoms with Gasteiger partial charge in [0.2, 0.25) is 0 Å². The van der Waals surface area contributed by atoms with E-state index in [0.717, 1.165) is 11.1 Å². The molecule has 1 aromatic rings. The molecule has 93 valence electrons. The lowest BCUT2D eigenvalue weighted by Crippen LogP contribution is -2.12. The highest BCUT2D eigenvalue weighted by atomic mass is 16.5. The molecule has 0 saturated carbocycles. The fourth-order valence-electron chi connectivity index (χ4n) is 1.68. The number of benzene rings is 1. The summed E-state index contributed by atoms with van der Waals surface area (Å²) in [4.78, 5) is 10.6. The van der Waals surface area contributed by atoms with E-state index in [1.54, 1.807) is 0 Å². The molecule has 0 unspecified atom stereocenters. The summed E-state index contributed by atoms with van der Waals surface area (Å²) in [5, 5.41) is 8.70. The number of carboxylic acids is 1. The summed E-state index contributed by atoms with van der Waals surface area (Å²) >= 11 is 0. The van der Waals surface area contributed by atoms with Crippen LogP contribution in [0.5, 0.6) is 5.75 Å². The van der Waals surface area contributed by atoms with Crippen LogP contribution in [0.2, 0.25) is 0 Å². The maximum atomic E-state index is 10.6. The zero-order valence-electron chi connectivity index (χ0n) is 10.8. The van der Waals surface area contributed by atoms with E-state index in [-0.39, 0.29) is 18.4 Å². The van der Waals surface area contributed by atoms with Crippen molar-refractivity contribution in [3.8, 4) is 5.75 Å². The van der Waals surface area contributed by atoms with Crippen molar-refractivity contribution in [1.29, 1.82) is 0 Å². The normalized spacial score (nSPS) is 10.9. The van der Waals surface area contributed by atoms with Crippen LogP contribution in [0.15, 0.2) is 12.1 Å². The van der Waals surface area contributed by atoms with Crippen LogP contribution < -0.4 is 4.74 Å². The molecular weight excluding hydrogens is 216 g/mol. The third-order valence-electron chi connectivity index (χ3n) is 2.59. The summed E-state index contributed by atoms with van der Waals surface area (Å²) in [6.07, 6.45) is 0. The van der Waals surface area contributed by atoms with Gasteiger partial charge in [0.1, 0.15) is 5.75 Å². The van der Waals surface area contributed by atoms with Crippen molar-refractivity contribution in [3.05, 3.63) is 29.3 Å². The highest BCUT2D eigenvalue weighted by Crippen LogP contribution is 2.34. The third-order valence-corrected chi connectivity index (χ3v) is 2.59. The highest BCUT2D eigenvalue weighted by Gasteiger charge is 2.15. The van der Waals surface area contributed by atoms with Gasteiger partial charge in [0.05, 0.1) is 0 Å². The van der Waals surface area contributed by atoms with Gasteiger partial charge < -0.3 is 9.84 Å². The third kappa shape index (κ3) is 3.48. The number of rotatable bonds is 5. The zero-order valence-corrected chi connectivity index (χ0v) is 10.8. The van der Waals surface area contributed by atoms with Gasteiger partial charge in [-0.05, 0) is 41.2 Å². The smallest absolute Gasteiger partial charge is 0.341 e. The standard InChI is InChI=1S/C14H19O3/c1-9(2)11-6-5-7-12(10(3)4)14(11)17-8-13(15)16/h6-7,9-10H,8H2,1-4H3,(H,15,16). The maximum Gasteiger partial charge on any atom is 0.341 e. The minimum absolute atomic E-state index is 0.286. The van der Waals surface area contributed by atoms with Crippen molar-refractivity contribution in [2.24, 2.45) is 0 Å². The minimum atomic E-state index is -0.956. The van der Waals surface area contributed by atoms with Crippen LogP contribution in [0.3, 0.4) is 0 Å². The van der Waals surface area contributed by atoms with Gasteiger partial charge in [0.15, 0.2) is 6.61 Å². The predicted octanol–water partition coefficient (Wildman–Crippen LogP) is 3.20. The van der Waals surface area contributed by atoms with Crippen LogP contribution in [-0.2, 0) is 4.79 Å². The van der Waals surface area contributed by atoms with Gasteiger partial charge in [-0.1, -0.05) is 27.7 Å². The molecule has 0 aromatic heterocycles. The fraction of sp³-hybridized carbons (Fsp3) is 0.500. The summed E-state index contributed by atoms with van der Waals surface area (Å²) in [6, 6.07) is 6.83. The van der Waals surface area contributed by atoms with Gasteiger partial charge in [-0.15, -0.1) is 0 Å². The first kappa shape index (κ1) is 13.6. The first-order valence-corrected chi connectivity index (χ1v) is 5.82. The number of carbonyl (C=O) groups is 1. The predicted molar refractivity (Wildman–Crippen MR) is 66.6 cm³/mol. The molecule has 17 heavy (non-hydrogen) atoms. The molecule has 1 aromatic carbocycles. The Kier molecular flexibility index (Phi) is 4.55. The first-order valence-electron chi connectivity index (χ1n) is 5.82. The molecule has 0 bridgehead atoms. The van der Waals surface area contributed by atoms with Crippen molar-refractivity contribution in [3.63, 3.8) is 0 Å². The van der Waals surface area contributed by atoms with E-state index < -0.39 is 5.97 Å². The van der Waals surface area contributed by atoms with E-state index in [1.165, 1.54) is 0 Å². The molecule has 0 aliphatic carbocycles. The Balaban J connectivity index is 3.14. The van der Waals surface area contributed by atoms with Crippen LogP contribution in [0.4, 0.5) is 0 Å². The van der Waals surface area contributed by atoms with Crippen LogP contribution in [0.1, 0.15) is 50.7 Å². The fourth-order valence-corrected chi connectivity index (χ4v) is 1.68. The SMILES string of the molecule is CC(C)c1c[c]cc(C(C)C)c1OCC(=O)O. The van der Waals surface area contributed by atoms with Crippen molar-refractivity contribution < 1.29 is 14.6 Å². The van der Waals surface area contributed by atoms with E-state index in [0.29, 0.717) is 5.75 Å². The van der Waals surface area contributed by atoms with Crippen LogP contribution >= 0.6 is 0 Å². The molecule has 0 fully saturated rings. The molecule has 0 aliphatic rings. The van der Waals surface area contributed by atoms with Crippen molar-refractivity contribution in [2.45, 2.75) is 39.5 Å². The van der Waals surface area contributed by atoms with Gasteiger partial charge in [0, 0.05) is 0 Å². The molecule has 1 rings (SSSR count). The molecule has 0 amide bonds. The Morgan fingerprint density at radius 2 is 1.71 bits per heavy atom. The van der Waals surface area contributed by atoms with Gasteiger partial charge in [-0.2, -0.15) is 0 Å². The Labute approximate surface area is 102 Å². The molecule has 0 aliphatic heterocycles. The van der Waals surface area contributed by atoms with Crippen LogP contribution in [-0.4, -0.2) is 17.7 Å². The second-order valence-corrected chi connectivity index (χ2v) is 4.69. The average Bonchev–Trinajstić information content (AvgIpc) is 2.25. The molecule has 0 saturated heterocycles. The molecule has 3 nitrogen and oxygen atoms in total. The number of hydrogen-bond donors (Lipinski definition) is 1. The molecule has 0 spiro atoms. The van der Waals surface area contributed by atoms with E-state index >= 15 is 0 Å². The summed E-state index contributed by atoms with van der Waals surface area (Å²) in [6.45, 7) is 7.92. The Bertz CT molecular complexity index is 368. The summed E-state index contributed by atoms with van der Waals surface area (Å²) in [5.74, 6) is 0.320. The molecular formula is C14H19O3. The molecule has 3 heteroatoms. The zero-order chi connectivity index (χ0) is 13.0. The van der Waals surface area contributed by atoms with Crippen LogP contribution in [0.25, 0.3) is 0 Å². The van der Waals surface area contributed by atoms with Crippen LogP contribution in [0, 0.1) is 6.07 Å². The van der Waals surface area contributed by atoms with Gasteiger partial charge in [-0.25, -0.2) is 4.79 Å². The van der Waals surface area contributed by atoms with Crippen molar-refractivity contribution in [1.82, 2.24) is 0 Å². The van der Waals surface area contributed by atoms with Gasteiger partial charge in [0.25, 0.3) is 0 Å². The quantitative estimate of drug-likeness (QED) is 0.852. The first-order chi connectivity index (χ1) is 7.93. The molecule has 0 atom stereocenters. The second-order valence-electron chi connectivity index (χ2n) is 4.69. The number of aliphatic carboxylic acids is 1. The van der Waals surface area contributed by atoms with Crippen molar-refractivity contribution in [2.75, 3.05) is 6.61 Å². The number of hydrogen-bond acceptors (Lipinski definition) is 2. The number of ether oxygens (including phenoxy) is 1. The summed E-state index contributed by atoms with van der Waals surface area (Å²) < 4.78 is 5.43.